The number of ether oxygens (including phenoxy) is 1. The van der Waals surface area contributed by atoms with E-state index >= 15 is 0 Å². The number of pyridine rings is 1. The Balaban J connectivity index is 2.16. The number of alkyl halides is 1. The minimum atomic E-state index is 0.884. The molecule has 4 heteroatoms. The zero-order chi connectivity index (χ0) is 14.4. The van der Waals surface area contributed by atoms with Crippen LogP contribution < -0.4 is 9.64 Å². The molecule has 0 amide bonds. The van der Waals surface area contributed by atoms with E-state index in [9.17, 15) is 0 Å². The summed E-state index contributed by atoms with van der Waals surface area (Å²) in [6.07, 6.45) is 5.53. The van der Waals surface area contributed by atoms with Crippen LogP contribution in [0.5, 0.6) is 5.75 Å². The Morgan fingerprint density at radius 3 is 2.80 bits per heavy atom. The molecule has 0 N–H and O–H groups in total. The van der Waals surface area contributed by atoms with Gasteiger partial charge < -0.3 is 9.64 Å². The van der Waals surface area contributed by atoms with Gasteiger partial charge in [0.25, 0.3) is 0 Å². The third-order valence-corrected chi connectivity index (χ3v) is 4.00. The number of rotatable bonds is 7. The summed E-state index contributed by atoms with van der Waals surface area (Å²) in [5, 5.41) is 3.43. The number of anilines is 1. The molecule has 1 aromatic heterocycles. The fourth-order valence-corrected chi connectivity index (χ4v) is 2.69. The number of nitrogens with zero attached hydrogens (tertiary/aromatic N) is 2. The number of benzene rings is 1. The van der Waals surface area contributed by atoms with Crippen molar-refractivity contribution >= 4 is 32.5 Å². The van der Waals surface area contributed by atoms with Crippen LogP contribution >= 0.6 is 15.9 Å². The fraction of sp³-hybridized carbons (Fsp3) is 0.438. The van der Waals surface area contributed by atoms with Crippen LogP contribution in [0.15, 0.2) is 30.5 Å². The minimum absolute atomic E-state index is 0.884. The first-order valence-corrected chi connectivity index (χ1v) is 8.08. The molecule has 1 heterocycles. The van der Waals surface area contributed by atoms with Crippen LogP contribution in [0, 0.1) is 0 Å². The molecule has 0 bridgehead atoms. The molecule has 0 unspecified atom stereocenters. The number of halogens is 1. The topological polar surface area (TPSA) is 25.4 Å². The molecule has 0 aliphatic rings. The first kappa shape index (κ1) is 15.1. The summed E-state index contributed by atoms with van der Waals surface area (Å²) in [5.41, 5.74) is 0. The van der Waals surface area contributed by atoms with Gasteiger partial charge in [-0.3, -0.25) is 0 Å². The van der Waals surface area contributed by atoms with Gasteiger partial charge in [-0.1, -0.05) is 22.4 Å². The van der Waals surface area contributed by atoms with Crippen molar-refractivity contribution < 1.29 is 4.74 Å². The average Bonchev–Trinajstić information content (AvgIpc) is 2.50. The summed E-state index contributed by atoms with van der Waals surface area (Å²) in [5.74, 6) is 1.93. The lowest BCUT2D eigenvalue weighted by Crippen LogP contribution is -2.19. The van der Waals surface area contributed by atoms with Crippen LogP contribution in [0.3, 0.4) is 0 Å². The van der Waals surface area contributed by atoms with Crippen molar-refractivity contribution in [3.63, 3.8) is 0 Å². The van der Waals surface area contributed by atoms with Crippen LogP contribution in [0.25, 0.3) is 10.8 Å². The van der Waals surface area contributed by atoms with Gasteiger partial charge in [-0.2, -0.15) is 0 Å². The Kier molecular flexibility index (Phi) is 5.65. The summed E-state index contributed by atoms with van der Waals surface area (Å²) in [6, 6.07) is 8.16. The molecule has 1 aromatic carbocycles. The van der Waals surface area contributed by atoms with Gasteiger partial charge >= 0.3 is 0 Å². The molecule has 20 heavy (non-hydrogen) atoms. The molecule has 108 valence electrons. The maximum atomic E-state index is 5.28. The third kappa shape index (κ3) is 3.63. The molecular formula is C16H21BrN2O. The smallest absolute Gasteiger partial charge is 0.136 e. The zero-order valence-electron chi connectivity index (χ0n) is 12.1. The number of methoxy groups -OCH3 is 1. The van der Waals surface area contributed by atoms with Crippen molar-refractivity contribution in [2.45, 2.75) is 19.3 Å². The first-order valence-electron chi connectivity index (χ1n) is 6.96. The Hall–Kier alpha value is -1.29. The Labute approximate surface area is 129 Å². The molecule has 0 fully saturated rings. The van der Waals surface area contributed by atoms with Crippen molar-refractivity contribution in [3.8, 4) is 5.75 Å². The highest BCUT2D eigenvalue weighted by Gasteiger charge is 2.08. The molecule has 3 nitrogen and oxygen atoms in total. The molecule has 0 aliphatic heterocycles. The van der Waals surface area contributed by atoms with Crippen molar-refractivity contribution in [2.24, 2.45) is 0 Å². The second kappa shape index (κ2) is 7.48. The van der Waals surface area contributed by atoms with Gasteiger partial charge in [-0.15, -0.1) is 0 Å². The minimum Gasteiger partial charge on any atom is -0.497 e. The second-order valence-corrected chi connectivity index (χ2v) is 5.69. The SMILES string of the molecule is COc1ccc2c(N(C)CCCCCBr)nccc2c1. The fourth-order valence-electron chi connectivity index (χ4n) is 2.30. The summed E-state index contributed by atoms with van der Waals surface area (Å²) >= 11 is 3.47. The highest BCUT2D eigenvalue weighted by atomic mass is 79.9. The molecule has 0 saturated heterocycles. The van der Waals surface area contributed by atoms with E-state index in [0.29, 0.717) is 0 Å². The van der Waals surface area contributed by atoms with E-state index in [1.807, 2.05) is 18.3 Å². The highest BCUT2D eigenvalue weighted by molar-refractivity contribution is 9.09. The normalized spacial score (nSPS) is 10.8. The molecule has 0 spiro atoms. The number of hydrogen-bond acceptors (Lipinski definition) is 3. The van der Waals surface area contributed by atoms with Crippen molar-refractivity contribution in [1.82, 2.24) is 4.98 Å². The predicted molar refractivity (Wildman–Crippen MR) is 89.2 cm³/mol. The van der Waals surface area contributed by atoms with Crippen molar-refractivity contribution in [1.29, 1.82) is 0 Å². The van der Waals surface area contributed by atoms with Gasteiger partial charge in [0.05, 0.1) is 7.11 Å². The van der Waals surface area contributed by atoms with Gasteiger partial charge in [-0.05, 0) is 42.5 Å². The number of aromatic nitrogens is 1. The third-order valence-electron chi connectivity index (χ3n) is 3.44. The molecular weight excluding hydrogens is 316 g/mol. The van der Waals surface area contributed by atoms with E-state index in [1.54, 1.807) is 7.11 Å². The van der Waals surface area contributed by atoms with E-state index in [4.69, 9.17) is 4.74 Å². The lowest BCUT2D eigenvalue weighted by atomic mass is 10.1. The Morgan fingerprint density at radius 1 is 1.20 bits per heavy atom. The monoisotopic (exact) mass is 336 g/mol. The van der Waals surface area contributed by atoms with E-state index in [-0.39, 0.29) is 0 Å². The van der Waals surface area contributed by atoms with Gasteiger partial charge in [0.1, 0.15) is 11.6 Å². The molecule has 0 saturated carbocycles. The van der Waals surface area contributed by atoms with Gasteiger partial charge in [-0.25, -0.2) is 4.98 Å². The lowest BCUT2D eigenvalue weighted by Gasteiger charge is -2.20. The first-order chi connectivity index (χ1) is 9.76. The largest absolute Gasteiger partial charge is 0.497 e. The highest BCUT2D eigenvalue weighted by Crippen LogP contribution is 2.27. The number of hydrogen-bond donors (Lipinski definition) is 0. The van der Waals surface area contributed by atoms with Crippen LogP contribution in [0.1, 0.15) is 19.3 Å². The standard InChI is InChI=1S/C16H21BrN2O/c1-19(11-5-3-4-9-17)16-15-7-6-14(20-2)12-13(15)8-10-18-16/h6-8,10,12H,3-5,9,11H2,1-2H3. The average molecular weight is 337 g/mol. The maximum Gasteiger partial charge on any atom is 0.136 e. The molecule has 2 rings (SSSR count). The zero-order valence-corrected chi connectivity index (χ0v) is 13.7. The summed E-state index contributed by atoms with van der Waals surface area (Å²) in [4.78, 5) is 6.78. The van der Waals surface area contributed by atoms with Crippen LogP contribution in [-0.2, 0) is 0 Å². The second-order valence-electron chi connectivity index (χ2n) is 4.89. The van der Waals surface area contributed by atoms with Crippen molar-refractivity contribution in [2.75, 3.05) is 30.9 Å². The Bertz CT molecular complexity index is 559. The van der Waals surface area contributed by atoms with E-state index in [2.05, 4.69) is 45.0 Å². The summed E-state index contributed by atoms with van der Waals surface area (Å²) < 4.78 is 5.28. The lowest BCUT2D eigenvalue weighted by molar-refractivity contribution is 0.415. The van der Waals surface area contributed by atoms with Gasteiger partial charge in [0.15, 0.2) is 0 Å². The summed E-state index contributed by atoms with van der Waals surface area (Å²) in [7, 11) is 3.80. The molecule has 0 aliphatic carbocycles. The van der Waals surface area contributed by atoms with Crippen LogP contribution in [0.4, 0.5) is 5.82 Å². The van der Waals surface area contributed by atoms with Gasteiger partial charge in [0, 0.05) is 30.5 Å². The number of fused-ring (bicyclic) bond motifs is 1. The van der Waals surface area contributed by atoms with Crippen LogP contribution in [-0.4, -0.2) is 31.0 Å². The van der Waals surface area contributed by atoms with E-state index < -0.39 is 0 Å². The quantitative estimate of drug-likeness (QED) is 0.558. The Morgan fingerprint density at radius 2 is 2.05 bits per heavy atom. The van der Waals surface area contributed by atoms with Crippen LogP contribution in [0.2, 0.25) is 0 Å². The van der Waals surface area contributed by atoms with Crippen molar-refractivity contribution in [3.05, 3.63) is 30.5 Å². The molecule has 2 aromatic rings. The molecule has 0 radical (unpaired) electrons. The van der Waals surface area contributed by atoms with E-state index in [0.717, 1.165) is 23.4 Å². The maximum absolute atomic E-state index is 5.28. The molecule has 0 atom stereocenters. The predicted octanol–water partition coefficient (Wildman–Crippen LogP) is 4.24. The van der Waals surface area contributed by atoms with E-state index in [1.165, 1.54) is 30.0 Å². The van der Waals surface area contributed by atoms with Gasteiger partial charge in [0.2, 0.25) is 0 Å². The number of unbranched alkanes of at least 4 members (excludes halogenated alkanes) is 2. The summed E-state index contributed by atoms with van der Waals surface area (Å²) in [6.45, 7) is 1.03.